The van der Waals surface area contributed by atoms with E-state index in [4.69, 9.17) is 10.3 Å². The van der Waals surface area contributed by atoms with Crippen LogP contribution in [0, 0.1) is 0 Å². The second kappa shape index (κ2) is 3.59. The maximum absolute atomic E-state index is 5.73. The summed E-state index contributed by atoms with van der Waals surface area (Å²) in [6.45, 7) is 1.95. The van der Waals surface area contributed by atoms with Gasteiger partial charge in [0.05, 0.1) is 0 Å². The quantitative estimate of drug-likeness (QED) is 0.781. The standard InChI is InChI=1S/C10H11N3O/c1-7(11)8-2-4-9(5-3-8)10-12-6-13-14-10/h2-7H,11H2,1H3. The van der Waals surface area contributed by atoms with E-state index < -0.39 is 0 Å². The SMILES string of the molecule is CC(N)c1ccc(-c2ncno2)cc1. The lowest BCUT2D eigenvalue weighted by Gasteiger charge is -2.04. The molecule has 0 saturated carbocycles. The Hall–Kier alpha value is -1.68. The van der Waals surface area contributed by atoms with Crippen LogP contribution in [-0.2, 0) is 0 Å². The van der Waals surface area contributed by atoms with Crippen molar-refractivity contribution in [2.45, 2.75) is 13.0 Å². The fraction of sp³-hybridized carbons (Fsp3) is 0.200. The first-order valence-electron chi connectivity index (χ1n) is 4.40. The van der Waals surface area contributed by atoms with Gasteiger partial charge in [-0.05, 0) is 24.6 Å². The van der Waals surface area contributed by atoms with Crippen molar-refractivity contribution in [1.82, 2.24) is 10.1 Å². The van der Waals surface area contributed by atoms with Crippen molar-refractivity contribution in [3.8, 4) is 11.5 Å². The summed E-state index contributed by atoms with van der Waals surface area (Å²) in [5.41, 5.74) is 7.73. The summed E-state index contributed by atoms with van der Waals surface area (Å²) in [6.07, 6.45) is 1.38. The van der Waals surface area contributed by atoms with E-state index in [1.54, 1.807) is 0 Å². The number of aromatic nitrogens is 2. The zero-order valence-corrected chi connectivity index (χ0v) is 7.84. The fourth-order valence-electron chi connectivity index (χ4n) is 1.23. The molecule has 72 valence electrons. The summed E-state index contributed by atoms with van der Waals surface area (Å²) in [5.74, 6) is 0.529. The molecule has 1 atom stereocenters. The maximum atomic E-state index is 5.73. The van der Waals surface area contributed by atoms with Crippen LogP contribution in [0.4, 0.5) is 0 Å². The summed E-state index contributed by atoms with van der Waals surface area (Å²) in [4.78, 5) is 3.95. The third-order valence-electron chi connectivity index (χ3n) is 2.04. The van der Waals surface area contributed by atoms with E-state index in [1.165, 1.54) is 6.33 Å². The van der Waals surface area contributed by atoms with Gasteiger partial charge in [-0.3, -0.25) is 0 Å². The topological polar surface area (TPSA) is 64.9 Å². The van der Waals surface area contributed by atoms with Gasteiger partial charge < -0.3 is 10.3 Å². The van der Waals surface area contributed by atoms with Gasteiger partial charge in [-0.25, -0.2) is 0 Å². The highest BCUT2D eigenvalue weighted by molar-refractivity contribution is 5.53. The Bertz CT molecular complexity index is 392. The van der Waals surface area contributed by atoms with Crippen molar-refractivity contribution in [1.29, 1.82) is 0 Å². The van der Waals surface area contributed by atoms with Gasteiger partial charge in [-0.15, -0.1) is 0 Å². The van der Waals surface area contributed by atoms with Crippen LogP contribution in [0.1, 0.15) is 18.5 Å². The highest BCUT2D eigenvalue weighted by atomic mass is 16.5. The van der Waals surface area contributed by atoms with E-state index in [2.05, 4.69) is 10.1 Å². The van der Waals surface area contributed by atoms with Crippen molar-refractivity contribution >= 4 is 0 Å². The largest absolute Gasteiger partial charge is 0.334 e. The summed E-state index contributed by atoms with van der Waals surface area (Å²) in [7, 11) is 0. The Kier molecular flexibility index (Phi) is 2.28. The molecule has 0 aliphatic rings. The van der Waals surface area contributed by atoms with Gasteiger partial charge in [0.2, 0.25) is 0 Å². The van der Waals surface area contributed by atoms with Gasteiger partial charge in [0, 0.05) is 11.6 Å². The van der Waals surface area contributed by atoms with Crippen LogP contribution in [0.5, 0.6) is 0 Å². The minimum atomic E-state index is 0.0479. The summed E-state index contributed by atoms with van der Waals surface area (Å²) in [5, 5.41) is 3.55. The number of hydrogen-bond acceptors (Lipinski definition) is 4. The molecule has 14 heavy (non-hydrogen) atoms. The van der Waals surface area contributed by atoms with Gasteiger partial charge in [0.25, 0.3) is 5.89 Å². The van der Waals surface area contributed by atoms with Crippen molar-refractivity contribution in [3.63, 3.8) is 0 Å². The van der Waals surface area contributed by atoms with E-state index in [1.807, 2.05) is 31.2 Å². The second-order valence-electron chi connectivity index (χ2n) is 3.16. The molecule has 0 bridgehead atoms. The molecule has 0 amide bonds. The highest BCUT2D eigenvalue weighted by Gasteiger charge is 2.04. The van der Waals surface area contributed by atoms with Crippen molar-refractivity contribution in [2.75, 3.05) is 0 Å². The molecule has 0 aliphatic carbocycles. The van der Waals surface area contributed by atoms with E-state index in [-0.39, 0.29) is 6.04 Å². The molecular weight excluding hydrogens is 178 g/mol. The van der Waals surface area contributed by atoms with E-state index >= 15 is 0 Å². The molecule has 0 radical (unpaired) electrons. The molecule has 4 nitrogen and oxygen atoms in total. The Balaban J connectivity index is 2.31. The molecule has 0 saturated heterocycles. The smallest absolute Gasteiger partial charge is 0.257 e. The molecule has 2 N–H and O–H groups in total. The zero-order valence-electron chi connectivity index (χ0n) is 7.84. The molecule has 2 aromatic rings. The molecule has 0 aliphatic heterocycles. The molecular formula is C10H11N3O. The molecule has 0 spiro atoms. The van der Waals surface area contributed by atoms with Crippen LogP contribution in [0.25, 0.3) is 11.5 Å². The van der Waals surface area contributed by atoms with Crippen molar-refractivity contribution in [3.05, 3.63) is 36.2 Å². The van der Waals surface area contributed by atoms with Gasteiger partial charge >= 0.3 is 0 Å². The lowest BCUT2D eigenvalue weighted by atomic mass is 10.1. The molecule has 1 aromatic carbocycles. The molecule has 1 aromatic heterocycles. The molecule has 1 heterocycles. The molecule has 0 fully saturated rings. The van der Waals surface area contributed by atoms with Crippen LogP contribution >= 0.6 is 0 Å². The number of nitrogens with two attached hydrogens (primary N) is 1. The number of nitrogens with zero attached hydrogens (tertiary/aromatic N) is 2. The number of hydrogen-bond donors (Lipinski definition) is 1. The average Bonchev–Trinajstić information content (AvgIpc) is 2.71. The number of benzene rings is 1. The van der Waals surface area contributed by atoms with Crippen LogP contribution < -0.4 is 5.73 Å². The monoisotopic (exact) mass is 189 g/mol. The Morgan fingerprint density at radius 1 is 1.29 bits per heavy atom. The third-order valence-corrected chi connectivity index (χ3v) is 2.04. The Morgan fingerprint density at radius 2 is 2.00 bits per heavy atom. The highest BCUT2D eigenvalue weighted by Crippen LogP contribution is 2.18. The van der Waals surface area contributed by atoms with Gasteiger partial charge in [0.1, 0.15) is 0 Å². The van der Waals surface area contributed by atoms with Crippen molar-refractivity contribution in [2.24, 2.45) is 5.73 Å². The molecule has 2 rings (SSSR count). The van der Waals surface area contributed by atoms with E-state index in [0.717, 1.165) is 11.1 Å². The lowest BCUT2D eigenvalue weighted by molar-refractivity contribution is 0.430. The normalized spacial score (nSPS) is 12.7. The number of rotatable bonds is 2. The summed E-state index contributed by atoms with van der Waals surface area (Å²) >= 11 is 0. The summed E-state index contributed by atoms with van der Waals surface area (Å²) < 4.78 is 4.93. The maximum Gasteiger partial charge on any atom is 0.257 e. The predicted octanol–water partition coefficient (Wildman–Crippen LogP) is 1.76. The van der Waals surface area contributed by atoms with Crippen LogP contribution in [0.2, 0.25) is 0 Å². The average molecular weight is 189 g/mol. The predicted molar refractivity (Wildman–Crippen MR) is 52.3 cm³/mol. The lowest BCUT2D eigenvalue weighted by Crippen LogP contribution is -2.04. The molecule has 1 unspecified atom stereocenters. The zero-order chi connectivity index (χ0) is 9.97. The van der Waals surface area contributed by atoms with Gasteiger partial charge in [0.15, 0.2) is 6.33 Å². The first-order chi connectivity index (χ1) is 6.77. The van der Waals surface area contributed by atoms with Crippen molar-refractivity contribution < 1.29 is 4.52 Å². The minimum Gasteiger partial charge on any atom is -0.334 e. The van der Waals surface area contributed by atoms with Crippen LogP contribution in [0.3, 0.4) is 0 Å². The van der Waals surface area contributed by atoms with Gasteiger partial charge in [-0.2, -0.15) is 4.98 Å². The first-order valence-corrected chi connectivity index (χ1v) is 4.40. The second-order valence-corrected chi connectivity index (χ2v) is 3.16. The molecule has 4 heteroatoms. The van der Waals surface area contributed by atoms with Crippen LogP contribution in [0.15, 0.2) is 35.1 Å². The minimum absolute atomic E-state index is 0.0479. The van der Waals surface area contributed by atoms with Crippen LogP contribution in [-0.4, -0.2) is 10.1 Å². The first kappa shape index (κ1) is 8.90. The summed E-state index contributed by atoms with van der Waals surface area (Å²) in [6, 6.07) is 7.82. The fourth-order valence-corrected chi connectivity index (χ4v) is 1.23. The Labute approximate surface area is 81.7 Å². The van der Waals surface area contributed by atoms with E-state index in [0.29, 0.717) is 5.89 Å². The van der Waals surface area contributed by atoms with Gasteiger partial charge in [-0.1, -0.05) is 17.3 Å². The Morgan fingerprint density at radius 3 is 2.50 bits per heavy atom. The van der Waals surface area contributed by atoms with E-state index in [9.17, 15) is 0 Å². The third kappa shape index (κ3) is 1.65.